The molecule has 4 heteroatoms. The van der Waals surface area contributed by atoms with Crippen molar-refractivity contribution in [2.24, 2.45) is 0 Å². The average molecular weight is 225 g/mol. The molecule has 1 aliphatic rings. The quantitative estimate of drug-likeness (QED) is 0.733. The van der Waals surface area contributed by atoms with Crippen LogP contribution in [0.4, 0.5) is 0 Å². The molecule has 1 aliphatic heterocycles. The highest BCUT2D eigenvalue weighted by atomic mass is 32.1. The zero-order chi connectivity index (χ0) is 10.7. The number of carbonyl (C=O) groups excluding carboxylic acids is 1. The van der Waals surface area contributed by atoms with Gasteiger partial charge in [0.05, 0.1) is 13.2 Å². The van der Waals surface area contributed by atoms with E-state index < -0.39 is 0 Å². The standard InChI is InChI=1S/C11H15NO2S/c1-2-14-11(13)8-12-5-3-9-4-6-15-10(9)7-12/h4,6H,2-3,5,7-8H2,1H3. The van der Waals surface area contributed by atoms with Crippen LogP contribution >= 0.6 is 11.3 Å². The molecule has 1 aromatic rings. The molecular weight excluding hydrogens is 210 g/mol. The van der Waals surface area contributed by atoms with Crippen molar-refractivity contribution in [1.82, 2.24) is 4.90 Å². The van der Waals surface area contributed by atoms with Gasteiger partial charge in [0.1, 0.15) is 0 Å². The molecule has 0 saturated carbocycles. The first-order chi connectivity index (χ1) is 7.29. The van der Waals surface area contributed by atoms with E-state index in [2.05, 4.69) is 16.3 Å². The lowest BCUT2D eigenvalue weighted by molar-refractivity contribution is -0.144. The number of nitrogens with zero attached hydrogens (tertiary/aromatic N) is 1. The summed E-state index contributed by atoms with van der Waals surface area (Å²) in [5, 5.41) is 2.12. The summed E-state index contributed by atoms with van der Waals surface area (Å²) in [6.45, 7) is 4.59. The van der Waals surface area contributed by atoms with E-state index in [1.807, 2.05) is 6.92 Å². The molecule has 1 aromatic heterocycles. The van der Waals surface area contributed by atoms with Gasteiger partial charge in [0, 0.05) is 18.0 Å². The third-order valence-electron chi connectivity index (χ3n) is 2.56. The van der Waals surface area contributed by atoms with Gasteiger partial charge in [0.2, 0.25) is 0 Å². The second-order valence-electron chi connectivity index (χ2n) is 3.63. The zero-order valence-electron chi connectivity index (χ0n) is 8.86. The van der Waals surface area contributed by atoms with E-state index in [1.54, 1.807) is 11.3 Å². The second-order valence-corrected chi connectivity index (χ2v) is 4.64. The van der Waals surface area contributed by atoms with Gasteiger partial charge in [-0.2, -0.15) is 0 Å². The Bertz CT molecular complexity index is 348. The number of rotatable bonds is 3. The summed E-state index contributed by atoms with van der Waals surface area (Å²) >= 11 is 1.78. The van der Waals surface area contributed by atoms with E-state index in [1.165, 1.54) is 10.4 Å². The molecule has 0 spiro atoms. The molecule has 0 atom stereocenters. The number of esters is 1. The fourth-order valence-corrected chi connectivity index (χ4v) is 2.79. The van der Waals surface area contributed by atoms with Gasteiger partial charge in [0.25, 0.3) is 0 Å². The topological polar surface area (TPSA) is 29.5 Å². The highest BCUT2D eigenvalue weighted by Gasteiger charge is 2.19. The normalized spacial score (nSPS) is 16.1. The van der Waals surface area contributed by atoms with Crippen LogP contribution in [0.25, 0.3) is 0 Å². The van der Waals surface area contributed by atoms with E-state index in [0.717, 1.165) is 19.5 Å². The van der Waals surface area contributed by atoms with Crippen LogP contribution in [0, 0.1) is 0 Å². The molecule has 2 rings (SSSR count). The molecule has 0 fully saturated rings. The van der Waals surface area contributed by atoms with Gasteiger partial charge in [-0.15, -0.1) is 11.3 Å². The SMILES string of the molecule is CCOC(=O)CN1CCc2ccsc2C1. The molecule has 2 heterocycles. The molecule has 0 saturated heterocycles. The largest absolute Gasteiger partial charge is 0.465 e. The van der Waals surface area contributed by atoms with Crippen LogP contribution in [-0.2, 0) is 22.5 Å². The molecule has 0 radical (unpaired) electrons. The molecule has 0 aliphatic carbocycles. The highest BCUT2D eigenvalue weighted by molar-refractivity contribution is 7.10. The number of hydrogen-bond donors (Lipinski definition) is 0. The Morgan fingerprint density at radius 3 is 3.33 bits per heavy atom. The number of carbonyl (C=O) groups is 1. The van der Waals surface area contributed by atoms with Crippen molar-refractivity contribution in [3.05, 3.63) is 21.9 Å². The zero-order valence-corrected chi connectivity index (χ0v) is 9.68. The van der Waals surface area contributed by atoms with Crippen LogP contribution in [0.2, 0.25) is 0 Å². The Morgan fingerprint density at radius 2 is 2.53 bits per heavy atom. The number of ether oxygens (including phenoxy) is 1. The summed E-state index contributed by atoms with van der Waals surface area (Å²) in [4.78, 5) is 14.8. The van der Waals surface area contributed by atoms with E-state index in [0.29, 0.717) is 13.2 Å². The summed E-state index contributed by atoms with van der Waals surface area (Å²) in [7, 11) is 0. The minimum atomic E-state index is -0.113. The summed E-state index contributed by atoms with van der Waals surface area (Å²) in [5.74, 6) is -0.113. The Hall–Kier alpha value is -0.870. The van der Waals surface area contributed by atoms with Crippen LogP contribution in [0.3, 0.4) is 0 Å². The molecule has 0 amide bonds. The Balaban J connectivity index is 1.90. The van der Waals surface area contributed by atoms with Crippen LogP contribution in [0.15, 0.2) is 11.4 Å². The Morgan fingerprint density at radius 1 is 1.67 bits per heavy atom. The van der Waals surface area contributed by atoms with Gasteiger partial charge in [-0.1, -0.05) is 0 Å². The molecule has 3 nitrogen and oxygen atoms in total. The molecule has 0 bridgehead atoms. The maximum atomic E-state index is 11.3. The molecule has 82 valence electrons. The van der Waals surface area contributed by atoms with E-state index in [4.69, 9.17) is 4.74 Å². The van der Waals surface area contributed by atoms with Gasteiger partial charge in [-0.05, 0) is 30.4 Å². The minimum Gasteiger partial charge on any atom is -0.465 e. The second kappa shape index (κ2) is 4.77. The van der Waals surface area contributed by atoms with Crippen molar-refractivity contribution < 1.29 is 9.53 Å². The number of fused-ring (bicyclic) bond motifs is 1. The first-order valence-electron chi connectivity index (χ1n) is 5.23. The van der Waals surface area contributed by atoms with Crippen molar-refractivity contribution in [3.63, 3.8) is 0 Å². The molecule has 15 heavy (non-hydrogen) atoms. The molecule has 0 unspecified atom stereocenters. The first-order valence-corrected chi connectivity index (χ1v) is 6.10. The Labute approximate surface area is 93.7 Å². The van der Waals surface area contributed by atoms with Gasteiger partial charge in [0.15, 0.2) is 0 Å². The maximum absolute atomic E-state index is 11.3. The van der Waals surface area contributed by atoms with E-state index in [-0.39, 0.29) is 5.97 Å². The summed E-state index contributed by atoms with van der Waals surface area (Å²) in [6.07, 6.45) is 1.05. The molecule has 0 aromatic carbocycles. The number of thiophene rings is 1. The summed E-state index contributed by atoms with van der Waals surface area (Å²) in [6, 6.07) is 2.18. The van der Waals surface area contributed by atoms with Gasteiger partial charge in [-0.25, -0.2) is 0 Å². The summed E-state index contributed by atoms with van der Waals surface area (Å²) < 4.78 is 4.94. The lowest BCUT2D eigenvalue weighted by Gasteiger charge is -2.25. The van der Waals surface area contributed by atoms with Crippen molar-refractivity contribution in [1.29, 1.82) is 0 Å². The van der Waals surface area contributed by atoms with Crippen LogP contribution in [0.5, 0.6) is 0 Å². The van der Waals surface area contributed by atoms with Crippen molar-refractivity contribution in [3.8, 4) is 0 Å². The van der Waals surface area contributed by atoms with Crippen LogP contribution in [-0.4, -0.2) is 30.6 Å². The third-order valence-corrected chi connectivity index (χ3v) is 3.51. The average Bonchev–Trinajstić information content (AvgIpc) is 2.65. The van der Waals surface area contributed by atoms with Crippen molar-refractivity contribution in [2.45, 2.75) is 19.9 Å². The molecule has 0 N–H and O–H groups in total. The predicted molar refractivity (Wildman–Crippen MR) is 59.9 cm³/mol. The Kier molecular flexibility index (Phi) is 3.38. The van der Waals surface area contributed by atoms with Crippen molar-refractivity contribution >= 4 is 17.3 Å². The summed E-state index contributed by atoms with van der Waals surface area (Å²) in [5.41, 5.74) is 1.44. The lowest BCUT2D eigenvalue weighted by Crippen LogP contribution is -2.34. The van der Waals surface area contributed by atoms with Crippen molar-refractivity contribution in [2.75, 3.05) is 19.7 Å². The first kappa shape index (κ1) is 10.6. The molecular formula is C11H15NO2S. The highest BCUT2D eigenvalue weighted by Crippen LogP contribution is 2.23. The third kappa shape index (κ3) is 2.58. The smallest absolute Gasteiger partial charge is 0.320 e. The maximum Gasteiger partial charge on any atom is 0.320 e. The van der Waals surface area contributed by atoms with Gasteiger partial charge in [-0.3, -0.25) is 9.69 Å². The van der Waals surface area contributed by atoms with Crippen LogP contribution in [0.1, 0.15) is 17.4 Å². The van der Waals surface area contributed by atoms with E-state index in [9.17, 15) is 4.79 Å². The predicted octanol–water partition coefficient (Wildman–Crippen LogP) is 1.67. The fraction of sp³-hybridized carbons (Fsp3) is 0.545. The number of hydrogen-bond acceptors (Lipinski definition) is 4. The van der Waals surface area contributed by atoms with Gasteiger partial charge >= 0.3 is 5.97 Å². The van der Waals surface area contributed by atoms with Crippen LogP contribution < -0.4 is 0 Å². The fourth-order valence-electron chi connectivity index (χ4n) is 1.81. The lowest BCUT2D eigenvalue weighted by atomic mass is 10.1. The minimum absolute atomic E-state index is 0.113. The monoisotopic (exact) mass is 225 g/mol. The van der Waals surface area contributed by atoms with Gasteiger partial charge < -0.3 is 4.74 Å². The van der Waals surface area contributed by atoms with E-state index >= 15 is 0 Å².